The summed E-state index contributed by atoms with van der Waals surface area (Å²) >= 11 is 6.02. The van der Waals surface area contributed by atoms with Gasteiger partial charge in [-0.3, -0.25) is 4.79 Å². The van der Waals surface area contributed by atoms with E-state index in [1.165, 1.54) is 0 Å². The maximum Gasteiger partial charge on any atom is 0.211 e. The summed E-state index contributed by atoms with van der Waals surface area (Å²) in [4.78, 5) is 16.0. The van der Waals surface area contributed by atoms with Gasteiger partial charge < -0.3 is 15.5 Å². The van der Waals surface area contributed by atoms with Crippen LogP contribution in [0.4, 0.5) is 5.69 Å². The summed E-state index contributed by atoms with van der Waals surface area (Å²) in [6.07, 6.45) is 0. The van der Waals surface area contributed by atoms with Crippen LogP contribution in [-0.2, 0) is 6.61 Å². The standard InChI is InChI=1S/C22H17ClN2O2/c23-16-9-10-18-19(12-16)25-21(20(18)24)22(26)15-7-4-8-17(11-15)27-13-14-5-2-1-3-6-14/h1-12,25H,13,24H2. The molecule has 5 heteroatoms. The number of rotatable bonds is 5. The molecule has 134 valence electrons. The predicted molar refractivity (Wildman–Crippen MR) is 108 cm³/mol. The van der Waals surface area contributed by atoms with Gasteiger partial charge in [-0.05, 0) is 35.9 Å². The van der Waals surface area contributed by atoms with Crippen LogP contribution in [-0.4, -0.2) is 10.8 Å². The highest BCUT2D eigenvalue weighted by molar-refractivity contribution is 6.31. The summed E-state index contributed by atoms with van der Waals surface area (Å²) in [6.45, 7) is 0.436. The van der Waals surface area contributed by atoms with Crippen LogP contribution in [0, 0.1) is 0 Å². The van der Waals surface area contributed by atoms with Crippen molar-refractivity contribution in [3.05, 3.63) is 94.6 Å². The Balaban J connectivity index is 1.60. The van der Waals surface area contributed by atoms with Gasteiger partial charge in [0.15, 0.2) is 0 Å². The van der Waals surface area contributed by atoms with E-state index in [2.05, 4.69) is 4.98 Å². The Hall–Kier alpha value is -3.24. The number of fused-ring (bicyclic) bond motifs is 1. The van der Waals surface area contributed by atoms with Crippen LogP contribution >= 0.6 is 11.6 Å². The number of aromatic amines is 1. The van der Waals surface area contributed by atoms with Crippen LogP contribution in [0.5, 0.6) is 5.75 Å². The molecule has 3 N–H and O–H groups in total. The summed E-state index contributed by atoms with van der Waals surface area (Å²) in [5.74, 6) is 0.437. The lowest BCUT2D eigenvalue weighted by atomic mass is 10.1. The second-order valence-corrected chi connectivity index (χ2v) is 6.67. The molecular weight excluding hydrogens is 360 g/mol. The molecule has 0 bridgehead atoms. The van der Waals surface area contributed by atoms with E-state index < -0.39 is 0 Å². The maximum atomic E-state index is 12.9. The maximum absolute atomic E-state index is 12.9. The number of ether oxygens (including phenoxy) is 1. The number of nitrogens with one attached hydrogen (secondary N) is 1. The number of halogens is 1. The first kappa shape index (κ1) is 17.2. The molecule has 1 aromatic heterocycles. The summed E-state index contributed by atoms with van der Waals surface area (Å²) in [5, 5.41) is 1.36. The average molecular weight is 377 g/mol. The molecule has 0 aliphatic carbocycles. The van der Waals surface area contributed by atoms with Crippen molar-refractivity contribution < 1.29 is 9.53 Å². The number of ketones is 1. The van der Waals surface area contributed by atoms with Gasteiger partial charge in [0, 0.05) is 21.5 Å². The van der Waals surface area contributed by atoms with Gasteiger partial charge in [-0.15, -0.1) is 0 Å². The molecule has 0 amide bonds. The summed E-state index contributed by atoms with van der Waals surface area (Å²) in [5.41, 5.74) is 9.25. The topological polar surface area (TPSA) is 68.1 Å². The smallest absolute Gasteiger partial charge is 0.211 e. The molecule has 0 saturated carbocycles. The number of carbonyl (C=O) groups excluding carboxylic acids is 1. The minimum atomic E-state index is -0.190. The van der Waals surface area contributed by atoms with E-state index in [0.717, 1.165) is 16.5 Å². The first-order valence-electron chi connectivity index (χ1n) is 8.50. The highest BCUT2D eigenvalue weighted by Crippen LogP contribution is 2.29. The number of aromatic nitrogens is 1. The van der Waals surface area contributed by atoms with Gasteiger partial charge in [0.1, 0.15) is 18.1 Å². The lowest BCUT2D eigenvalue weighted by Crippen LogP contribution is -2.05. The van der Waals surface area contributed by atoms with E-state index >= 15 is 0 Å². The fraction of sp³-hybridized carbons (Fsp3) is 0.0455. The van der Waals surface area contributed by atoms with Gasteiger partial charge in [0.2, 0.25) is 5.78 Å². The van der Waals surface area contributed by atoms with Gasteiger partial charge >= 0.3 is 0 Å². The molecule has 0 fully saturated rings. The SMILES string of the molecule is Nc1c(C(=O)c2cccc(OCc3ccccc3)c2)[nH]c2cc(Cl)ccc12. The molecule has 1 heterocycles. The van der Waals surface area contributed by atoms with Crippen LogP contribution in [0.3, 0.4) is 0 Å². The molecule has 4 nitrogen and oxygen atoms in total. The zero-order chi connectivity index (χ0) is 18.8. The molecule has 0 aliphatic rings. The van der Waals surface area contributed by atoms with Crippen molar-refractivity contribution in [3.63, 3.8) is 0 Å². The fourth-order valence-corrected chi connectivity index (χ4v) is 3.15. The second-order valence-electron chi connectivity index (χ2n) is 6.23. The van der Waals surface area contributed by atoms with Crippen LogP contribution in [0.15, 0.2) is 72.8 Å². The number of carbonyl (C=O) groups is 1. The Kier molecular flexibility index (Phi) is 4.57. The van der Waals surface area contributed by atoms with Gasteiger partial charge in [-0.2, -0.15) is 0 Å². The molecule has 3 aromatic carbocycles. The van der Waals surface area contributed by atoms with Gasteiger partial charge in [0.05, 0.1) is 5.69 Å². The first-order valence-corrected chi connectivity index (χ1v) is 8.88. The van der Waals surface area contributed by atoms with E-state index in [9.17, 15) is 4.79 Å². The Bertz CT molecular complexity index is 1120. The quantitative estimate of drug-likeness (QED) is 0.469. The minimum Gasteiger partial charge on any atom is -0.489 e. The lowest BCUT2D eigenvalue weighted by molar-refractivity contribution is 0.103. The van der Waals surface area contributed by atoms with Gasteiger partial charge in [-0.25, -0.2) is 0 Å². The number of hydrogen-bond donors (Lipinski definition) is 2. The van der Waals surface area contributed by atoms with Crippen molar-refractivity contribution in [3.8, 4) is 5.75 Å². The third-order valence-electron chi connectivity index (χ3n) is 4.37. The zero-order valence-corrected chi connectivity index (χ0v) is 15.2. The highest BCUT2D eigenvalue weighted by Gasteiger charge is 2.18. The van der Waals surface area contributed by atoms with Crippen LogP contribution < -0.4 is 10.5 Å². The summed E-state index contributed by atoms with van der Waals surface area (Å²) in [7, 11) is 0. The number of H-pyrrole nitrogens is 1. The van der Waals surface area contributed by atoms with Crippen molar-refractivity contribution in [2.45, 2.75) is 6.61 Å². The van der Waals surface area contributed by atoms with Gasteiger partial charge in [0.25, 0.3) is 0 Å². The van der Waals surface area contributed by atoms with E-state index in [1.807, 2.05) is 36.4 Å². The minimum absolute atomic E-state index is 0.190. The van der Waals surface area contributed by atoms with E-state index in [0.29, 0.717) is 34.3 Å². The Morgan fingerprint density at radius 1 is 1.00 bits per heavy atom. The first-order chi connectivity index (χ1) is 13.1. The monoisotopic (exact) mass is 376 g/mol. The zero-order valence-electron chi connectivity index (χ0n) is 14.4. The molecular formula is C22H17ClN2O2. The fourth-order valence-electron chi connectivity index (χ4n) is 2.98. The van der Waals surface area contributed by atoms with Crippen LogP contribution in [0.2, 0.25) is 5.02 Å². The van der Waals surface area contributed by atoms with Gasteiger partial charge in [-0.1, -0.05) is 54.1 Å². The van der Waals surface area contributed by atoms with Crippen molar-refractivity contribution in [1.82, 2.24) is 4.98 Å². The van der Waals surface area contributed by atoms with E-state index in [-0.39, 0.29) is 5.78 Å². The molecule has 0 atom stereocenters. The molecule has 0 saturated heterocycles. The number of benzene rings is 3. The molecule has 0 radical (unpaired) electrons. The average Bonchev–Trinajstić information content (AvgIpc) is 3.02. The van der Waals surface area contributed by atoms with Crippen LogP contribution in [0.1, 0.15) is 21.6 Å². The van der Waals surface area contributed by atoms with Crippen LogP contribution in [0.25, 0.3) is 10.9 Å². The number of nitrogen functional groups attached to an aromatic ring is 1. The Morgan fingerprint density at radius 2 is 1.81 bits per heavy atom. The highest BCUT2D eigenvalue weighted by atomic mass is 35.5. The molecule has 0 unspecified atom stereocenters. The third kappa shape index (κ3) is 3.52. The third-order valence-corrected chi connectivity index (χ3v) is 4.61. The molecule has 4 rings (SSSR count). The van der Waals surface area contributed by atoms with Crippen molar-refractivity contribution in [1.29, 1.82) is 0 Å². The number of anilines is 1. The number of hydrogen-bond acceptors (Lipinski definition) is 3. The molecule has 0 aliphatic heterocycles. The number of nitrogens with two attached hydrogens (primary N) is 1. The van der Waals surface area contributed by atoms with Crippen molar-refractivity contribution >= 4 is 34.0 Å². The summed E-state index contributed by atoms with van der Waals surface area (Å²) in [6, 6.07) is 22.3. The Labute approximate surface area is 161 Å². The lowest BCUT2D eigenvalue weighted by Gasteiger charge is -2.08. The van der Waals surface area contributed by atoms with Crippen molar-refractivity contribution in [2.75, 3.05) is 5.73 Å². The predicted octanol–water partition coefficient (Wildman–Crippen LogP) is 5.21. The Morgan fingerprint density at radius 3 is 2.63 bits per heavy atom. The molecule has 0 spiro atoms. The molecule has 27 heavy (non-hydrogen) atoms. The van der Waals surface area contributed by atoms with E-state index in [4.69, 9.17) is 22.1 Å². The largest absolute Gasteiger partial charge is 0.489 e. The van der Waals surface area contributed by atoms with E-state index in [1.54, 1.807) is 36.4 Å². The molecule has 4 aromatic rings. The second kappa shape index (κ2) is 7.17. The van der Waals surface area contributed by atoms with Crippen molar-refractivity contribution in [2.24, 2.45) is 0 Å². The normalized spacial score (nSPS) is 10.9. The summed E-state index contributed by atoms with van der Waals surface area (Å²) < 4.78 is 5.81.